The summed E-state index contributed by atoms with van der Waals surface area (Å²) in [5.41, 5.74) is 0. The van der Waals surface area contributed by atoms with E-state index < -0.39 is 0 Å². The van der Waals surface area contributed by atoms with Crippen molar-refractivity contribution in [3.05, 3.63) is 24.3 Å². The third-order valence-corrected chi connectivity index (χ3v) is 2.92. The van der Waals surface area contributed by atoms with Crippen LogP contribution in [-0.2, 0) is 0 Å². The number of phenolic OH excluding ortho intramolecular Hbond substituents is 1. The Morgan fingerprint density at radius 2 is 1.80 bits per heavy atom. The van der Waals surface area contributed by atoms with Crippen LogP contribution in [0.3, 0.4) is 0 Å². The molecule has 1 fully saturated rings. The minimum absolute atomic E-state index is 0.279. The molecule has 2 rings (SSSR count). The van der Waals surface area contributed by atoms with Crippen molar-refractivity contribution in [2.24, 2.45) is 0 Å². The lowest BCUT2D eigenvalue weighted by Crippen LogP contribution is -2.14. The smallest absolute Gasteiger partial charge is 0.123 e. The van der Waals surface area contributed by atoms with Gasteiger partial charge in [0.1, 0.15) is 11.5 Å². The molecule has 1 aliphatic rings. The van der Waals surface area contributed by atoms with E-state index in [0.717, 1.165) is 18.6 Å². The lowest BCUT2D eigenvalue weighted by atomic mass is 10.1. The average Bonchev–Trinajstić information content (AvgIpc) is 2.46. The highest BCUT2D eigenvalue weighted by molar-refractivity contribution is 5.31. The molecule has 0 atom stereocenters. The number of hydrogen-bond donors (Lipinski definition) is 1. The quantitative estimate of drug-likeness (QED) is 0.750. The van der Waals surface area contributed by atoms with E-state index in [1.54, 1.807) is 12.1 Å². The van der Waals surface area contributed by atoms with Gasteiger partial charge in [0.2, 0.25) is 0 Å². The van der Waals surface area contributed by atoms with Crippen molar-refractivity contribution in [3.63, 3.8) is 0 Å². The van der Waals surface area contributed by atoms with Crippen LogP contribution in [0.5, 0.6) is 11.5 Å². The zero-order chi connectivity index (χ0) is 10.5. The molecule has 0 saturated heterocycles. The zero-order valence-electron chi connectivity index (χ0n) is 8.98. The number of rotatable bonds is 2. The van der Waals surface area contributed by atoms with Gasteiger partial charge in [-0.15, -0.1) is 0 Å². The van der Waals surface area contributed by atoms with E-state index in [2.05, 4.69) is 0 Å². The summed E-state index contributed by atoms with van der Waals surface area (Å²) in [6.45, 7) is 0. The van der Waals surface area contributed by atoms with Crippen molar-refractivity contribution < 1.29 is 9.84 Å². The molecule has 15 heavy (non-hydrogen) atoms. The van der Waals surface area contributed by atoms with Gasteiger partial charge >= 0.3 is 0 Å². The molecule has 2 heteroatoms. The Labute approximate surface area is 90.9 Å². The van der Waals surface area contributed by atoms with Crippen LogP contribution in [0, 0.1) is 0 Å². The fraction of sp³-hybridized carbons (Fsp3) is 0.538. The second kappa shape index (κ2) is 5.06. The summed E-state index contributed by atoms with van der Waals surface area (Å²) in [4.78, 5) is 0. The topological polar surface area (TPSA) is 29.5 Å². The second-order valence-corrected chi connectivity index (χ2v) is 4.23. The summed E-state index contributed by atoms with van der Waals surface area (Å²) in [5, 5.41) is 9.32. The molecule has 0 aromatic heterocycles. The summed E-state index contributed by atoms with van der Waals surface area (Å²) in [5.74, 6) is 1.07. The maximum atomic E-state index is 9.32. The van der Waals surface area contributed by atoms with Crippen molar-refractivity contribution in [1.82, 2.24) is 0 Å². The monoisotopic (exact) mass is 206 g/mol. The van der Waals surface area contributed by atoms with Gasteiger partial charge in [0.05, 0.1) is 6.10 Å². The van der Waals surface area contributed by atoms with Crippen LogP contribution in [0.25, 0.3) is 0 Å². The summed E-state index contributed by atoms with van der Waals surface area (Å²) in [6.07, 6.45) is 7.84. The summed E-state index contributed by atoms with van der Waals surface area (Å²) < 4.78 is 5.86. The second-order valence-electron chi connectivity index (χ2n) is 4.23. The molecule has 0 bridgehead atoms. The molecule has 0 heterocycles. The van der Waals surface area contributed by atoms with Crippen LogP contribution in [0.1, 0.15) is 38.5 Å². The lowest BCUT2D eigenvalue weighted by molar-refractivity contribution is 0.183. The molecular formula is C13H18O2. The summed E-state index contributed by atoms with van der Waals surface area (Å²) in [6, 6.07) is 7.08. The van der Waals surface area contributed by atoms with Gasteiger partial charge in [-0.1, -0.05) is 18.9 Å². The van der Waals surface area contributed by atoms with Crippen LogP contribution in [-0.4, -0.2) is 11.2 Å². The maximum absolute atomic E-state index is 9.32. The van der Waals surface area contributed by atoms with Crippen LogP contribution in [0.2, 0.25) is 0 Å². The minimum Gasteiger partial charge on any atom is -0.508 e. The largest absolute Gasteiger partial charge is 0.508 e. The van der Waals surface area contributed by atoms with Crippen LogP contribution in [0.15, 0.2) is 24.3 Å². The van der Waals surface area contributed by atoms with Crippen LogP contribution in [0.4, 0.5) is 0 Å². The van der Waals surface area contributed by atoms with Gasteiger partial charge in [-0.2, -0.15) is 0 Å². The van der Waals surface area contributed by atoms with E-state index in [-0.39, 0.29) is 5.75 Å². The highest BCUT2D eigenvalue weighted by Gasteiger charge is 2.13. The van der Waals surface area contributed by atoms with Crippen molar-refractivity contribution in [2.45, 2.75) is 44.6 Å². The molecule has 2 nitrogen and oxygen atoms in total. The summed E-state index contributed by atoms with van der Waals surface area (Å²) in [7, 11) is 0. The maximum Gasteiger partial charge on any atom is 0.123 e. The van der Waals surface area contributed by atoms with Gasteiger partial charge in [-0.05, 0) is 37.8 Å². The van der Waals surface area contributed by atoms with Gasteiger partial charge in [0.25, 0.3) is 0 Å². The zero-order valence-corrected chi connectivity index (χ0v) is 8.98. The number of hydrogen-bond acceptors (Lipinski definition) is 2. The van der Waals surface area contributed by atoms with E-state index in [4.69, 9.17) is 4.74 Å². The first-order valence-corrected chi connectivity index (χ1v) is 5.80. The lowest BCUT2D eigenvalue weighted by Gasteiger charge is -2.16. The minimum atomic E-state index is 0.279. The molecule has 0 unspecified atom stereocenters. The average molecular weight is 206 g/mol. The molecule has 1 aliphatic carbocycles. The SMILES string of the molecule is Oc1cccc(OC2CCCCCC2)c1. The summed E-state index contributed by atoms with van der Waals surface area (Å²) >= 11 is 0. The van der Waals surface area contributed by atoms with E-state index in [0.29, 0.717) is 6.10 Å². The molecule has 1 N–H and O–H groups in total. The van der Waals surface area contributed by atoms with Gasteiger partial charge in [-0.3, -0.25) is 0 Å². The van der Waals surface area contributed by atoms with Crippen molar-refractivity contribution in [1.29, 1.82) is 0 Å². The highest BCUT2D eigenvalue weighted by atomic mass is 16.5. The first kappa shape index (κ1) is 10.3. The Kier molecular flexibility index (Phi) is 3.49. The van der Waals surface area contributed by atoms with Crippen LogP contribution >= 0.6 is 0 Å². The highest BCUT2D eigenvalue weighted by Crippen LogP contribution is 2.24. The molecule has 0 radical (unpaired) electrons. The Balaban J connectivity index is 1.95. The van der Waals surface area contributed by atoms with Gasteiger partial charge in [0, 0.05) is 6.07 Å². The number of benzene rings is 1. The van der Waals surface area contributed by atoms with E-state index in [9.17, 15) is 5.11 Å². The fourth-order valence-electron chi connectivity index (χ4n) is 2.11. The van der Waals surface area contributed by atoms with Crippen molar-refractivity contribution in [3.8, 4) is 11.5 Å². The van der Waals surface area contributed by atoms with Gasteiger partial charge in [0.15, 0.2) is 0 Å². The standard InChI is InChI=1S/C13H18O2/c14-11-6-5-9-13(10-11)15-12-7-3-1-2-4-8-12/h5-6,9-10,12,14H,1-4,7-8H2. The normalized spacial score (nSPS) is 18.4. The van der Waals surface area contributed by atoms with Crippen molar-refractivity contribution >= 4 is 0 Å². The first-order valence-electron chi connectivity index (χ1n) is 5.80. The Morgan fingerprint density at radius 3 is 2.47 bits per heavy atom. The van der Waals surface area contributed by atoms with E-state index in [1.165, 1.54) is 25.7 Å². The third kappa shape index (κ3) is 3.15. The third-order valence-electron chi connectivity index (χ3n) is 2.92. The Morgan fingerprint density at radius 1 is 1.07 bits per heavy atom. The van der Waals surface area contributed by atoms with Gasteiger partial charge < -0.3 is 9.84 Å². The molecule has 0 aliphatic heterocycles. The Bertz CT molecular complexity index is 301. The van der Waals surface area contributed by atoms with E-state index >= 15 is 0 Å². The predicted molar refractivity (Wildman–Crippen MR) is 60.2 cm³/mol. The first-order chi connectivity index (χ1) is 7.34. The predicted octanol–water partition coefficient (Wildman–Crippen LogP) is 3.49. The molecule has 1 saturated carbocycles. The molecule has 1 aromatic rings. The molecule has 0 amide bonds. The number of ether oxygens (including phenoxy) is 1. The van der Waals surface area contributed by atoms with Crippen molar-refractivity contribution in [2.75, 3.05) is 0 Å². The molecule has 1 aromatic carbocycles. The number of phenols is 1. The van der Waals surface area contributed by atoms with Gasteiger partial charge in [-0.25, -0.2) is 0 Å². The molecule has 0 spiro atoms. The molecule has 82 valence electrons. The molecular weight excluding hydrogens is 188 g/mol. The fourth-order valence-corrected chi connectivity index (χ4v) is 2.11. The van der Waals surface area contributed by atoms with E-state index in [1.807, 2.05) is 12.1 Å². The van der Waals surface area contributed by atoms with Crippen LogP contribution < -0.4 is 4.74 Å². The Hall–Kier alpha value is -1.18. The number of aromatic hydroxyl groups is 1.